The van der Waals surface area contributed by atoms with Crippen molar-refractivity contribution in [2.45, 2.75) is 83.1 Å². The molecule has 0 radical (unpaired) electrons. The van der Waals surface area contributed by atoms with Crippen LogP contribution in [0.3, 0.4) is 0 Å². The normalized spacial score (nSPS) is 11.0. The van der Waals surface area contributed by atoms with Crippen LogP contribution in [0.25, 0.3) is 22.3 Å². The number of aryl methyl sites for hydroxylation is 12. The number of rotatable bonds is 26. The standard InChI is InChI=1S/C68H62N4.C64H54N4/c1-47-19-39-65(51(5)43-47)71(66-40-20-48(2)44-52(66)6)63-35-31-61(32-36-63)69(57-15-11-9-12-16-57)59-27-23-55(24-28-59)56-25-29-60(30-26-56)70(58-17-13-10-14-18-58)62-33-37-64(38-34-62)72(67-41-21-49(3)45-53(67)7)68-42-22-50(4)46-54(68)8;1-47-15-27-55(28-16-47)67(56-29-17-48(2)18-30-56)63-43-39-61(40-44-63)65(53-11-7-5-8-12-53)59-35-23-51(24-36-59)52-25-37-60(38-26-52)66(54-13-9-6-10-14-54)62-41-45-64(46-42-62)68(57-31-19-49(3)20-32-57)58-33-21-50(4)22-34-58/h9-46H,1-8H3;5-46H,1-4H3. The Morgan fingerprint density at radius 1 is 0.100 bits per heavy atom. The van der Waals surface area contributed by atoms with Crippen molar-refractivity contribution >= 4 is 136 Å². The zero-order valence-corrected chi connectivity index (χ0v) is 81.8. The molecule has 0 heterocycles. The van der Waals surface area contributed by atoms with Crippen molar-refractivity contribution in [3.05, 3.63) is 552 Å². The Hall–Kier alpha value is -17.2. The summed E-state index contributed by atoms with van der Waals surface area (Å²) in [6, 6.07) is 176. The van der Waals surface area contributed by atoms with Crippen LogP contribution in [0, 0.1) is 83.1 Å². The summed E-state index contributed by atoms with van der Waals surface area (Å²) >= 11 is 0. The second-order valence-corrected chi connectivity index (χ2v) is 36.8. The molecule has 0 spiro atoms. The van der Waals surface area contributed by atoms with E-state index in [0.29, 0.717) is 0 Å². The predicted molar refractivity (Wildman–Crippen MR) is 598 cm³/mol. The second-order valence-electron chi connectivity index (χ2n) is 36.8. The van der Waals surface area contributed by atoms with Crippen LogP contribution in [0.15, 0.2) is 485 Å². The molecule has 0 fully saturated rings. The Morgan fingerprint density at radius 3 is 0.357 bits per heavy atom. The zero-order chi connectivity index (χ0) is 96.3. The summed E-state index contributed by atoms with van der Waals surface area (Å²) in [7, 11) is 0. The lowest BCUT2D eigenvalue weighted by molar-refractivity contribution is 1.20. The molecule has 20 rings (SSSR count). The van der Waals surface area contributed by atoms with Crippen LogP contribution < -0.4 is 39.2 Å². The third-order valence-electron chi connectivity index (χ3n) is 26.2. The molecular weight excluding hydrogens is 1700 g/mol. The van der Waals surface area contributed by atoms with Gasteiger partial charge in [0.1, 0.15) is 0 Å². The zero-order valence-electron chi connectivity index (χ0n) is 81.8. The Bertz CT molecular complexity index is 6920. The number of hydrogen-bond acceptors (Lipinski definition) is 8. The Morgan fingerprint density at radius 2 is 0.214 bits per heavy atom. The fourth-order valence-corrected chi connectivity index (χ4v) is 19.0. The van der Waals surface area contributed by atoms with Gasteiger partial charge in [-0.25, -0.2) is 0 Å². The molecule has 0 atom stereocenters. The van der Waals surface area contributed by atoms with Crippen LogP contribution in [-0.2, 0) is 0 Å². The van der Waals surface area contributed by atoms with E-state index in [0.717, 1.165) is 136 Å². The Kier molecular flexibility index (Phi) is 27.3. The first-order valence-electron chi connectivity index (χ1n) is 48.3. The van der Waals surface area contributed by atoms with Crippen molar-refractivity contribution in [1.82, 2.24) is 0 Å². The van der Waals surface area contributed by atoms with Gasteiger partial charge in [-0.2, -0.15) is 0 Å². The summed E-state index contributed by atoms with van der Waals surface area (Å²) in [4.78, 5) is 18.7. The lowest BCUT2D eigenvalue weighted by Gasteiger charge is -2.30. The van der Waals surface area contributed by atoms with Crippen molar-refractivity contribution in [1.29, 1.82) is 0 Å². The smallest absolute Gasteiger partial charge is 0.0491 e. The molecule has 0 amide bonds. The number of anilines is 24. The first-order chi connectivity index (χ1) is 68.3. The van der Waals surface area contributed by atoms with Crippen LogP contribution in [0.2, 0.25) is 0 Å². The summed E-state index contributed by atoms with van der Waals surface area (Å²) < 4.78 is 0. The quantitative estimate of drug-likeness (QED) is 0.0529. The van der Waals surface area contributed by atoms with E-state index in [4.69, 9.17) is 0 Å². The van der Waals surface area contributed by atoms with Gasteiger partial charge in [0.05, 0.1) is 0 Å². The molecule has 0 saturated carbocycles. The summed E-state index contributed by atoms with van der Waals surface area (Å²) in [6.45, 7) is 26.0. The molecule has 0 saturated heterocycles. The molecule has 0 aliphatic heterocycles. The molecule has 0 N–H and O–H groups in total. The maximum atomic E-state index is 2.39. The van der Waals surface area contributed by atoms with Gasteiger partial charge in [0.15, 0.2) is 0 Å². The van der Waals surface area contributed by atoms with Crippen molar-refractivity contribution in [3.63, 3.8) is 0 Å². The maximum Gasteiger partial charge on any atom is 0.0491 e. The second kappa shape index (κ2) is 41.6. The largest absolute Gasteiger partial charge is 0.311 e. The predicted octanol–water partition coefficient (Wildman–Crippen LogP) is 38.2. The lowest BCUT2D eigenvalue weighted by Crippen LogP contribution is -2.14. The fraction of sp³-hybridized carbons (Fsp3) is 0.0909. The minimum Gasteiger partial charge on any atom is -0.311 e. The molecule has 0 bridgehead atoms. The highest BCUT2D eigenvalue weighted by atomic mass is 15.2. The third kappa shape index (κ3) is 20.5. The van der Waals surface area contributed by atoms with Gasteiger partial charge in [-0.1, -0.05) is 263 Å². The number of para-hydroxylation sites is 4. The number of hydrogen-bond donors (Lipinski definition) is 0. The van der Waals surface area contributed by atoms with Crippen LogP contribution in [-0.4, -0.2) is 0 Å². The van der Waals surface area contributed by atoms with E-state index < -0.39 is 0 Å². The third-order valence-corrected chi connectivity index (χ3v) is 26.2. The van der Waals surface area contributed by atoms with Crippen LogP contribution in [0.4, 0.5) is 136 Å². The average Bonchev–Trinajstić information content (AvgIpc) is 0.824. The van der Waals surface area contributed by atoms with Gasteiger partial charge in [-0.05, 0) is 395 Å². The number of nitrogens with zero attached hydrogens (tertiary/aromatic N) is 8. The molecule has 0 aromatic heterocycles. The average molecular weight is 1810 g/mol. The highest BCUT2D eigenvalue weighted by Crippen LogP contribution is 2.49. The SMILES string of the molecule is Cc1ccc(N(c2ccc(C)cc2)c2ccc(N(c3ccccc3)c3ccc(-c4ccc(N(c5ccccc5)c5ccc(N(c6ccc(C)cc6)c6ccc(C)cc6)cc5)cc4)cc3)cc2)cc1.Cc1ccc(N(c2ccc(N(c3ccccc3)c3ccc(-c4ccc(N(c5ccccc5)c5ccc(N(c6ccc(C)cc6C)c6ccc(C)cc6C)cc5)cc4)cc3)cc2)c2ccc(C)cc2C)c(C)c1. The van der Waals surface area contributed by atoms with Gasteiger partial charge < -0.3 is 39.2 Å². The topological polar surface area (TPSA) is 25.9 Å². The number of benzene rings is 20. The van der Waals surface area contributed by atoms with Crippen LogP contribution in [0.1, 0.15) is 66.8 Å². The summed E-state index contributed by atoms with van der Waals surface area (Å²) in [6.07, 6.45) is 0. The van der Waals surface area contributed by atoms with Crippen molar-refractivity contribution in [2.75, 3.05) is 39.2 Å². The Labute approximate surface area is 827 Å². The van der Waals surface area contributed by atoms with Crippen molar-refractivity contribution in [3.8, 4) is 22.3 Å². The first kappa shape index (κ1) is 91.9. The highest BCUT2D eigenvalue weighted by molar-refractivity contribution is 5.90. The summed E-state index contributed by atoms with van der Waals surface area (Å²) in [5, 5.41) is 0. The van der Waals surface area contributed by atoms with Gasteiger partial charge in [0, 0.05) is 136 Å². The first-order valence-corrected chi connectivity index (χ1v) is 48.3. The van der Waals surface area contributed by atoms with Gasteiger partial charge in [0.25, 0.3) is 0 Å². The van der Waals surface area contributed by atoms with E-state index in [1.165, 1.54) is 89.5 Å². The minimum atomic E-state index is 1.08. The van der Waals surface area contributed by atoms with Gasteiger partial charge in [-0.15, -0.1) is 0 Å². The molecule has 0 unspecified atom stereocenters. The van der Waals surface area contributed by atoms with Crippen LogP contribution >= 0.6 is 0 Å². The fourth-order valence-electron chi connectivity index (χ4n) is 19.0. The summed E-state index contributed by atoms with van der Waals surface area (Å²) in [5.74, 6) is 0. The molecular formula is C132H116N8. The molecule has 8 heteroatoms. The van der Waals surface area contributed by atoms with Crippen molar-refractivity contribution < 1.29 is 0 Å². The molecule has 0 aliphatic rings. The summed E-state index contributed by atoms with van der Waals surface area (Å²) in [5.41, 5.74) is 46.2. The van der Waals surface area contributed by atoms with E-state index in [9.17, 15) is 0 Å². The Balaban J connectivity index is 0.000000179. The van der Waals surface area contributed by atoms with Gasteiger partial charge >= 0.3 is 0 Å². The van der Waals surface area contributed by atoms with E-state index >= 15 is 0 Å². The molecule has 20 aromatic rings. The van der Waals surface area contributed by atoms with Crippen LogP contribution in [0.5, 0.6) is 0 Å². The van der Waals surface area contributed by atoms with E-state index in [1.807, 2.05) is 0 Å². The molecule has 684 valence electrons. The molecule has 140 heavy (non-hydrogen) atoms. The monoisotopic (exact) mass is 1810 g/mol. The van der Waals surface area contributed by atoms with E-state index in [-0.39, 0.29) is 0 Å². The maximum absolute atomic E-state index is 2.39. The van der Waals surface area contributed by atoms with E-state index in [2.05, 4.69) is 608 Å². The molecule has 0 aliphatic carbocycles. The van der Waals surface area contributed by atoms with Gasteiger partial charge in [0.2, 0.25) is 0 Å². The van der Waals surface area contributed by atoms with E-state index in [1.54, 1.807) is 0 Å². The van der Waals surface area contributed by atoms with Crippen molar-refractivity contribution in [2.24, 2.45) is 0 Å². The minimum absolute atomic E-state index is 1.08. The highest BCUT2D eigenvalue weighted by Gasteiger charge is 2.26. The lowest BCUT2D eigenvalue weighted by atomic mass is 10.0. The van der Waals surface area contributed by atoms with Gasteiger partial charge in [-0.3, -0.25) is 0 Å². The molecule has 20 aromatic carbocycles. The molecule has 8 nitrogen and oxygen atoms in total.